The van der Waals surface area contributed by atoms with Gasteiger partial charge in [0, 0.05) is 31.6 Å². The normalized spacial score (nSPS) is 20.3. The zero-order chi connectivity index (χ0) is 14.7. The molecule has 1 saturated heterocycles. The smallest absolute Gasteiger partial charge is 0.256 e. The van der Waals surface area contributed by atoms with Crippen LogP contribution in [0.15, 0.2) is 18.2 Å². The lowest BCUT2D eigenvalue weighted by Crippen LogP contribution is -2.36. The van der Waals surface area contributed by atoms with Crippen LogP contribution in [0.3, 0.4) is 0 Å². The van der Waals surface area contributed by atoms with E-state index in [9.17, 15) is 9.59 Å². The zero-order valence-corrected chi connectivity index (χ0v) is 12.0. The number of unbranched alkanes of at least 4 members (excludes halogenated alkanes) is 1. The van der Waals surface area contributed by atoms with Gasteiger partial charge in [0.15, 0.2) is 0 Å². The molecule has 1 N–H and O–H groups in total. The second-order valence-electron chi connectivity index (χ2n) is 5.54. The highest BCUT2D eigenvalue weighted by molar-refractivity contribution is 6.00. The fourth-order valence-corrected chi connectivity index (χ4v) is 3.00. The van der Waals surface area contributed by atoms with Crippen molar-refractivity contribution in [2.75, 3.05) is 25.0 Å². The summed E-state index contributed by atoms with van der Waals surface area (Å²) in [6, 6.07) is 5.86. The maximum absolute atomic E-state index is 12.5. The first kappa shape index (κ1) is 13.9. The summed E-state index contributed by atoms with van der Waals surface area (Å²) < 4.78 is 5.62. The number of fused-ring (bicyclic) bond motifs is 2. The van der Waals surface area contributed by atoms with E-state index in [1.54, 1.807) is 0 Å². The van der Waals surface area contributed by atoms with E-state index in [1.165, 1.54) is 0 Å². The van der Waals surface area contributed by atoms with E-state index in [-0.39, 0.29) is 5.91 Å². The van der Waals surface area contributed by atoms with Crippen LogP contribution in [0.1, 0.15) is 36.0 Å². The minimum atomic E-state index is 0.116. The minimum absolute atomic E-state index is 0.116. The van der Waals surface area contributed by atoms with E-state index < -0.39 is 0 Å². The first-order valence-corrected chi connectivity index (χ1v) is 7.55. The largest absolute Gasteiger partial charge is 0.494 e. The van der Waals surface area contributed by atoms with E-state index in [4.69, 9.17) is 4.74 Å². The highest BCUT2D eigenvalue weighted by Gasteiger charge is 2.33. The molecule has 1 aromatic carbocycles. The maximum Gasteiger partial charge on any atom is 0.256 e. The van der Waals surface area contributed by atoms with Gasteiger partial charge < -0.3 is 19.7 Å². The van der Waals surface area contributed by atoms with Crippen LogP contribution < -0.4 is 10.1 Å². The van der Waals surface area contributed by atoms with Gasteiger partial charge in [0.1, 0.15) is 12.0 Å². The van der Waals surface area contributed by atoms with Crippen LogP contribution in [-0.4, -0.2) is 42.8 Å². The first-order chi connectivity index (χ1) is 10.3. The van der Waals surface area contributed by atoms with Gasteiger partial charge in [0.05, 0.1) is 17.9 Å². The predicted molar refractivity (Wildman–Crippen MR) is 79.8 cm³/mol. The molecule has 5 nitrogen and oxygen atoms in total. The number of aldehydes is 1. The topological polar surface area (TPSA) is 58.6 Å². The standard InChI is InChI=1S/C16H20N2O3/c19-8-1-2-9-21-13-5-6-14-15(10-13)17-11-12-4-3-7-18(12)16(14)20/h5-6,8,10,12,17H,1-4,7,9,11H2/t12-/m0/s1. The Labute approximate surface area is 124 Å². The molecule has 0 spiro atoms. The highest BCUT2D eigenvalue weighted by Crippen LogP contribution is 2.30. The number of hydrogen-bond donors (Lipinski definition) is 1. The molecule has 0 unspecified atom stereocenters. The van der Waals surface area contributed by atoms with Crippen LogP contribution in [0.4, 0.5) is 5.69 Å². The van der Waals surface area contributed by atoms with Crippen molar-refractivity contribution < 1.29 is 14.3 Å². The molecule has 1 fully saturated rings. The number of hydrogen-bond acceptors (Lipinski definition) is 4. The number of amides is 1. The molecule has 0 saturated carbocycles. The van der Waals surface area contributed by atoms with E-state index in [2.05, 4.69) is 5.32 Å². The van der Waals surface area contributed by atoms with Crippen LogP contribution in [0.2, 0.25) is 0 Å². The molecule has 0 aromatic heterocycles. The Hall–Kier alpha value is -2.04. The summed E-state index contributed by atoms with van der Waals surface area (Å²) in [4.78, 5) is 24.8. The number of ether oxygens (including phenoxy) is 1. The number of rotatable bonds is 5. The molecule has 0 bridgehead atoms. The van der Waals surface area contributed by atoms with Gasteiger partial charge >= 0.3 is 0 Å². The van der Waals surface area contributed by atoms with Gasteiger partial charge in [-0.3, -0.25) is 4.79 Å². The van der Waals surface area contributed by atoms with Gasteiger partial charge in [-0.25, -0.2) is 0 Å². The summed E-state index contributed by atoms with van der Waals surface area (Å²) in [5.41, 5.74) is 1.57. The molecule has 2 heterocycles. The van der Waals surface area contributed by atoms with Crippen molar-refractivity contribution in [3.63, 3.8) is 0 Å². The Morgan fingerprint density at radius 1 is 1.43 bits per heavy atom. The Morgan fingerprint density at radius 3 is 3.19 bits per heavy atom. The number of benzene rings is 1. The number of nitrogens with zero attached hydrogens (tertiary/aromatic N) is 1. The molecule has 0 aliphatic carbocycles. The number of anilines is 1. The lowest BCUT2D eigenvalue weighted by molar-refractivity contribution is -0.108. The third-order valence-electron chi connectivity index (χ3n) is 4.12. The van der Waals surface area contributed by atoms with Gasteiger partial charge in [-0.1, -0.05) is 0 Å². The van der Waals surface area contributed by atoms with Crippen molar-refractivity contribution in [3.05, 3.63) is 23.8 Å². The quantitative estimate of drug-likeness (QED) is 0.665. The molecule has 3 rings (SSSR count). The molecule has 1 aromatic rings. The first-order valence-electron chi connectivity index (χ1n) is 7.55. The van der Waals surface area contributed by atoms with E-state index >= 15 is 0 Å². The van der Waals surface area contributed by atoms with Crippen molar-refractivity contribution in [2.24, 2.45) is 0 Å². The predicted octanol–water partition coefficient (Wildman–Crippen LogP) is 2.07. The molecule has 2 aliphatic heterocycles. The fraction of sp³-hybridized carbons (Fsp3) is 0.500. The van der Waals surface area contributed by atoms with Crippen LogP contribution in [0.25, 0.3) is 0 Å². The molecule has 112 valence electrons. The van der Waals surface area contributed by atoms with Gasteiger partial charge in [-0.05, 0) is 31.4 Å². The lowest BCUT2D eigenvalue weighted by atomic mass is 10.1. The Bertz CT molecular complexity index is 544. The molecule has 1 amide bonds. The van der Waals surface area contributed by atoms with E-state index in [0.29, 0.717) is 25.5 Å². The monoisotopic (exact) mass is 288 g/mol. The summed E-state index contributed by atoms with van der Waals surface area (Å²) in [6.45, 7) is 2.17. The lowest BCUT2D eigenvalue weighted by Gasteiger charge is -2.21. The summed E-state index contributed by atoms with van der Waals surface area (Å²) >= 11 is 0. The summed E-state index contributed by atoms with van der Waals surface area (Å²) in [6.07, 6.45) is 4.28. The molecule has 1 atom stereocenters. The maximum atomic E-state index is 12.5. The van der Waals surface area contributed by atoms with Gasteiger partial charge in [-0.2, -0.15) is 0 Å². The van der Waals surface area contributed by atoms with Crippen LogP contribution in [0, 0.1) is 0 Å². The van der Waals surface area contributed by atoms with Gasteiger partial charge in [0.25, 0.3) is 5.91 Å². The van der Waals surface area contributed by atoms with Crippen LogP contribution >= 0.6 is 0 Å². The molecular weight excluding hydrogens is 268 g/mol. The molecule has 0 radical (unpaired) electrons. The van der Waals surface area contributed by atoms with Gasteiger partial charge in [0.2, 0.25) is 0 Å². The zero-order valence-electron chi connectivity index (χ0n) is 12.0. The molecule has 21 heavy (non-hydrogen) atoms. The molecular formula is C16H20N2O3. The SMILES string of the molecule is O=CCCCOc1ccc2c(c1)NC[C@@H]1CCCN1C2=O. The fourth-order valence-electron chi connectivity index (χ4n) is 3.00. The minimum Gasteiger partial charge on any atom is -0.494 e. The third kappa shape index (κ3) is 2.86. The van der Waals surface area contributed by atoms with Crippen LogP contribution in [-0.2, 0) is 4.79 Å². The van der Waals surface area contributed by atoms with E-state index in [0.717, 1.165) is 49.2 Å². The Kier molecular flexibility index (Phi) is 4.08. The highest BCUT2D eigenvalue weighted by atomic mass is 16.5. The number of carbonyl (C=O) groups is 2. The van der Waals surface area contributed by atoms with Crippen molar-refractivity contribution in [1.29, 1.82) is 0 Å². The summed E-state index contributed by atoms with van der Waals surface area (Å²) in [5, 5.41) is 3.37. The average molecular weight is 288 g/mol. The van der Waals surface area contributed by atoms with Crippen molar-refractivity contribution in [1.82, 2.24) is 4.90 Å². The number of nitrogens with one attached hydrogen (secondary N) is 1. The van der Waals surface area contributed by atoms with Crippen molar-refractivity contribution in [3.8, 4) is 5.75 Å². The van der Waals surface area contributed by atoms with Crippen LogP contribution in [0.5, 0.6) is 5.75 Å². The van der Waals surface area contributed by atoms with Crippen molar-refractivity contribution in [2.45, 2.75) is 31.7 Å². The van der Waals surface area contributed by atoms with E-state index in [1.807, 2.05) is 23.1 Å². The Balaban J connectivity index is 1.73. The summed E-state index contributed by atoms with van der Waals surface area (Å²) in [7, 11) is 0. The van der Waals surface area contributed by atoms with Crippen molar-refractivity contribution >= 4 is 17.9 Å². The third-order valence-corrected chi connectivity index (χ3v) is 4.12. The second kappa shape index (κ2) is 6.16. The molecule has 2 aliphatic rings. The number of carbonyl (C=O) groups excluding carboxylic acids is 2. The Morgan fingerprint density at radius 2 is 2.33 bits per heavy atom. The van der Waals surface area contributed by atoms with Gasteiger partial charge in [-0.15, -0.1) is 0 Å². The molecule has 5 heteroatoms. The average Bonchev–Trinajstić information content (AvgIpc) is 2.93. The summed E-state index contributed by atoms with van der Waals surface area (Å²) in [5.74, 6) is 0.854. The second-order valence-corrected chi connectivity index (χ2v) is 5.54.